The molecule has 5 nitrogen and oxygen atoms in total. The van der Waals surface area contributed by atoms with Crippen LogP contribution < -0.4 is 0 Å². The van der Waals surface area contributed by atoms with Gasteiger partial charge in [0.15, 0.2) is 6.10 Å². The summed E-state index contributed by atoms with van der Waals surface area (Å²) >= 11 is 0. The predicted octanol–water partition coefficient (Wildman–Crippen LogP) is 0.646. The lowest BCUT2D eigenvalue weighted by molar-refractivity contribution is -0.130. The largest absolute Gasteiger partial charge is 0.499 e. The first kappa shape index (κ1) is 10.8. The first-order chi connectivity index (χ1) is 6.43. The second-order valence-corrected chi connectivity index (χ2v) is 3.75. The maximum absolute atomic E-state index is 11.2. The van der Waals surface area contributed by atoms with Crippen LogP contribution in [0.4, 0.5) is 0 Å². The molecule has 0 aliphatic carbocycles. The molecule has 0 aromatic carbocycles. The van der Waals surface area contributed by atoms with Crippen molar-refractivity contribution >= 4 is 5.78 Å². The lowest BCUT2D eigenvalue weighted by atomic mass is 10.00. The highest BCUT2D eigenvalue weighted by Crippen LogP contribution is 2.23. The Morgan fingerprint density at radius 3 is 2.36 bits per heavy atom. The highest BCUT2D eigenvalue weighted by Gasteiger charge is 2.40. The van der Waals surface area contributed by atoms with Crippen LogP contribution in [0.15, 0.2) is 11.7 Å². The highest BCUT2D eigenvalue weighted by atomic mass is 16.6. The molecule has 80 valence electrons. The Hall–Kier alpha value is -1.23. The molecular formula is C9H14O5. The summed E-state index contributed by atoms with van der Waals surface area (Å²) in [6.07, 6.45) is -1.80. The van der Waals surface area contributed by atoms with E-state index in [2.05, 4.69) is 4.74 Å². The average Bonchev–Trinajstić information content (AvgIpc) is 2.32. The minimum absolute atomic E-state index is 0.200. The smallest absolute Gasteiger partial charge is 0.325 e. The van der Waals surface area contributed by atoms with Gasteiger partial charge < -0.3 is 20.1 Å². The van der Waals surface area contributed by atoms with E-state index >= 15 is 0 Å². The number of rotatable bonds is 3. The summed E-state index contributed by atoms with van der Waals surface area (Å²) in [6.45, 7) is 3.77. The normalized spacial score (nSPS) is 24.3. The van der Waals surface area contributed by atoms with E-state index in [0.29, 0.717) is 6.42 Å². The summed E-state index contributed by atoms with van der Waals surface area (Å²) in [5.74, 6) is -2.18. The molecule has 0 fully saturated rings. The van der Waals surface area contributed by atoms with Crippen molar-refractivity contribution in [2.24, 2.45) is 5.92 Å². The number of hydrogen-bond donors (Lipinski definition) is 3. The van der Waals surface area contributed by atoms with E-state index in [0.717, 1.165) is 0 Å². The number of aliphatic hydroxyl groups excluding tert-OH is 3. The van der Waals surface area contributed by atoms with Gasteiger partial charge in [0, 0.05) is 0 Å². The monoisotopic (exact) mass is 202 g/mol. The summed E-state index contributed by atoms with van der Waals surface area (Å²) in [5.41, 5.74) is 0. The molecule has 0 aromatic rings. The Labute approximate surface area is 81.6 Å². The van der Waals surface area contributed by atoms with Gasteiger partial charge in [-0.1, -0.05) is 13.8 Å². The molecule has 14 heavy (non-hydrogen) atoms. The van der Waals surface area contributed by atoms with Crippen LogP contribution >= 0.6 is 0 Å². The topological polar surface area (TPSA) is 87.0 Å². The molecule has 2 unspecified atom stereocenters. The van der Waals surface area contributed by atoms with E-state index in [-0.39, 0.29) is 5.92 Å². The molecular weight excluding hydrogens is 188 g/mol. The molecule has 1 heterocycles. The van der Waals surface area contributed by atoms with Gasteiger partial charge in [0.05, 0.1) is 6.10 Å². The number of carbonyl (C=O) groups is 1. The first-order valence-corrected chi connectivity index (χ1v) is 4.44. The summed E-state index contributed by atoms with van der Waals surface area (Å²) in [6, 6.07) is 0. The quantitative estimate of drug-likeness (QED) is 0.625. The van der Waals surface area contributed by atoms with Gasteiger partial charge in [0.25, 0.3) is 0 Å². The Balaban J connectivity index is 2.62. The summed E-state index contributed by atoms with van der Waals surface area (Å²) in [5, 5.41) is 27.4. The molecule has 0 saturated carbocycles. The lowest BCUT2D eigenvalue weighted by Gasteiger charge is -2.17. The van der Waals surface area contributed by atoms with Crippen LogP contribution in [0.1, 0.15) is 20.3 Å². The molecule has 3 N–H and O–H groups in total. The van der Waals surface area contributed by atoms with Gasteiger partial charge in [-0.2, -0.15) is 0 Å². The number of ether oxygens (including phenoxy) is 1. The zero-order valence-electron chi connectivity index (χ0n) is 8.10. The maximum atomic E-state index is 11.2. The van der Waals surface area contributed by atoms with Gasteiger partial charge in [0.2, 0.25) is 11.5 Å². The number of aliphatic hydroxyl groups is 3. The molecule has 1 rings (SSSR count). The molecule has 0 spiro atoms. The minimum atomic E-state index is -1.17. The minimum Gasteiger partial charge on any atom is -0.499 e. The number of hydrogen-bond acceptors (Lipinski definition) is 5. The van der Waals surface area contributed by atoms with Gasteiger partial charge in [-0.05, 0) is 12.3 Å². The Bertz CT molecular complexity index is 268. The van der Waals surface area contributed by atoms with E-state index < -0.39 is 29.7 Å². The fourth-order valence-electron chi connectivity index (χ4n) is 1.33. The van der Waals surface area contributed by atoms with Crippen LogP contribution in [0.5, 0.6) is 0 Å². The van der Waals surface area contributed by atoms with E-state index in [1.807, 2.05) is 13.8 Å². The van der Waals surface area contributed by atoms with Crippen molar-refractivity contribution in [2.75, 3.05) is 0 Å². The fraction of sp³-hybridized carbons (Fsp3) is 0.667. The van der Waals surface area contributed by atoms with Crippen molar-refractivity contribution in [3.8, 4) is 0 Å². The maximum Gasteiger partial charge on any atom is 0.325 e. The summed E-state index contributed by atoms with van der Waals surface area (Å²) < 4.78 is 4.63. The zero-order valence-corrected chi connectivity index (χ0v) is 8.10. The Morgan fingerprint density at radius 1 is 1.43 bits per heavy atom. The first-order valence-electron chi connectivity index (χ1n) is 4.44. The van der Waals surface area contributed by atoms with E-state index in [9.17, 15) is 9.90 Å². The lowest BCUT2D eigenvalue weighted by Crippen LogP contribution is -2.34. The van der Waals surface area contributed by atoms with Crippen LogP contribution in [0.2, 0.25) is 0 Å². The van der Waals surface area contributed by atoms with Gasteiger partial charge in [-0.25, -0.2) is 0 Å². The average molecular weight is 202 g/mol. The third-order valence-corrected chi connectivity index (χ3v) is 2.00. The molecule has 0 saturated heterocycles. The van der Waals surface area contributed by atoms with Crippen molar-refractivity contribution in [1.29, 1.82) is 0 Å². The number of Topliss-reactive ketones (excluding diaryl/α,β-unsaturated/α-hetero) is 1. The van der Waals surface area contributed by atoms with Crippen molar-refractivity contribution in [3.63, 3.8) is 0 Å². The van der Waals surface area contributed by atoms with Gasteiger partial charge in [0.1, 0.15) is 0 Å². The highest BCUT2D eigenvalue weighted by molar-refractivity contribution is 5.99. The molecule has 1 aliphatic rings. The van der Waals surface area contributed by atoms with Crippen LogP contribution in [0.3, 0.4) is 0 Å². The standard InChI is InChI=1S/C9H14O5/c1-4(2)3-5(10)8-6(11)7(12)9(13)14-8/h4-5,8,10,12-13H,3H2,1-2H3. The predicted molar refractivity (Wildman–Crippen MR) is 47.6 cm³/mol. The zero-order chi connectivity index (χ0) is 10.9. The van der Waals surface area contributed by atoms with Crippen LogP contribution in [-0.2, 0) is 9.53 Å². The second kappa shape index (κ2) is 3.88. The van der Waals surface area contributed by atoms with Gasteiger partial charge in [-0.3, -0.25) is 4.79 Å². The molecule has 0 aromatic heterocycles. The SMILES string of the molecule is CC(C)CC(O)C1OC(O)=C(O)C1=O. The molecule has 1 aliphatic heterocycles. The Morgan fingerprint density at radius 2 is 2.00 bits per heavy atom. The Kier molecular flexibility index (Phi) is 3.00. The van der Waals surface area contributed by atoms with Crippen molar-refractivity contribution in [3.05, 3.63) is 11.7 Å². The molecule has 0 radical (unpaired) electrons. The summed E-state index contributed by atoms with van der Waals surface area (Å²) in [7, 11) is 0. The van der Waals surface area contributed by atoms with E-state index in [1.54, 1.807) is 0 Å². The number of carbonyl (C=O) groups excluding carboxylic acids is 1. The van der Waals surface area contributed by atoms with E-state index in [4.69, 9.17) is 10.2 Å². The van der Waals surface area contributed by atoms with E-state index in [1.165, 1.54) is 0 Å². The molecule has 5 heteroatoms. The third kappa shape index (κ3) is 1.98. The van der Waals surface area contributed by atoms with Crippen molar-refractivity contribution in [2.45, 2.75) is 32.5 Å². The molecule has 2 atom stereocenters. The van der Waals surface area contributed by atoms with Gasteiger partial charge >= 0.3 is 5.95 Å². The van der Waals surface area contributed by atoms with Crippen LogP contribution in [0.25, 0.3) is 0 Å². The van der Waals surface area contributed by atoms with Gasteiger partial charge in [-0.15, -0.1) is 0 Å². The van der Waals surface area contributed by atoms with Crippen LogP contribution in [0, 0.1) is 5.92 Å². The second-order valence-electron chi connectivity index (χ2n) is 3.75. The molecule has 0 bridgehead atoms. The van der Waals surface area contributed by atoms with Crippen molar-refractivity contribution < 1.29 is 24.9 Å². The third-order valence-electron chi connectivity index (χ3n) is 2.00. The van der Waals surface area contributed by atoms with Crippen molar-refractivity contribution in [1.82, 2.24) is 0 Å². The fourth-order valence-corrected chi connectivity index (χ4v) is 1.33. The molecule has 0 amide bonds. The number of ketones is 1. The summed E-state index contributed by atoms with van der Waals surface area (Å²) in [4.78, 5) is 11.2. The van der Waals surface area contributed by atoms with Crippen LogP contribution in [-0.4, -0.2) is 33.3 Å².